The maximum absolute atomic E-state index is 12.8. The summed E-state index contributed by atoms with van der Waals surface area (Å²) in [5, 5.41) is 0.893. The molecule has 1 aliphatic rings. The highest BCUT2D eigenvalue weighted by Gasteiger charge is 2.29. The first kappa shape index (κ1) is 16.9. The average molecular weight is 350 g/mol. The van der Waals surface area contributed by atoms with Gasteiger partial charge in [0, 0.05) is 57.4 Å². The van der Waals surface area contributed by atoms with E-state index in [0.717, 1.165) is 10.9 Å². The number of aromatic amines is 1. The van der Waals surface area contributed by atoms with Gasteiger partial charge in [-0.2, -0.15) is 17.0 Å². The van der Waals surface area contributed by atoms with Gasteiger partial charge in [0.25, 0.3) is 16.1 Å². The molecule has 7 nitrogen and oxygen atoms in total. The second-order valence-electron chi connectivity index (χ2n) is 6.08. The highest BCUT2D eigenvalue weighted by atomic mass is 32.2. The summed E-state index contributed by atoms with van der Waals surface area (Å²) in [6.07, 6.45) is 2.35. The molecule has 1 N–H and O–H groups in total. The van der Waals surface area contributed by atoms with Crippen LogP contribution in [0, 0.1) is 0 Å². The van der Waals surface area contributed by atoms with Gasteiger partial charge in [0.05, 0.1) is 5.56 Å². The van der Waals surface area contributed by atoms with Gasteiger partial charge in [-0.25, -0.2) is 0 Å². The number of aromatic nitrogens is 1. The minimum Gasteiger partial charge on any atom is -0.360 e. The molecular formula is C16H22N4O3S. The first-order valence-corrected chi connectivity index (χ1v) is 9.34. The SMILES string of the molecule is CN(C)S(=O)(=O)N1CCCN(C(=O)c2c[nH]c3ccccc23)CC1. The van der Waals surface area contributed by atoms with Crippen molar-refractivity contribution in [3.05, 3.63) is 36.0 Å². The molecule has 1 aromatic heterocycles. The van der Waals surface area contributed by atoms with E-state index in [-0.39, 0.29) is 5.91 Å². The molecule has 1 fully saturated rings. The van der Waals surface area contributed by atoms with E-state index in [0.29, 0.717) is 38.2 Å². The van der Waals surface area contributed by atoms with Crippen molar-refractivity contribution in [1.29, 1.82) is 0 Å². The predicted molar refractivity (Wildman–Crippen MR) is 93.0 cm³/mol. The quantitative estimate of drug-likeness (QED) is 0.901. The maximum Gasteiger partial charge on any atom is 0.281 e. The van der Waals surface area contributed by atoms with E-state index in [1.165, 1.54) is 22.7 Å². The zero-order valence-electron chi connectivity index (χ0n) is 13.9. The Morgan fingerprint density at radius 2 is 1.88 bits per heavy atom. The summed E-state index contributed by atoms with van der Waals surface area (Å²) in [6.45, 7) is 1.69. The fourth-order valence-electron chi connectivity index (χ4n) is 2.98. The van der Waals surface area contributed by atoms with Crippen LogP contribution in [0.5, 0.6) is 0 Å². The van der Waals surface area contributed by atoms with Crippen LogP contribution in [0.15, 0.2) is 30.5 Å². The Morgan fingerprint density at radius 3 is 2.62 bits per heavy atom. The van der Waals surface area contributed by atoms with Crippen LogP contribution in [-0.4, -0.2) is 73.1 Å². The van der Waals surface area contributed by atoms with Crippen molar-refractivity contribution in [2.24, 2.45) is 0 Å². The Bertz CT molecular complexity index is 844. The van der Waals surface area contributed by atoms with E-state index in [1.807, 2.05) is 24.3 Å². The summed E-state index contributed by atoms with van der Waals surface area (Å²) in [5.41, 5.74) is 1.56. The Hall–Kier alpha value is -1.90. The van der Waals surface area contributed by atoms with Crippen molar-refractivity contribution < 1.29 is 13.2 Å². The predicted octanol–water partition coefficient (Wildman–Crippen LogP) is 1.12. The van der Waals surface area contributed by atoms with E-state index in [1.54, 1.807) is 11.1 Å². The number of carbonyl (C=O) groups is 1. The van der Waals surface area contributed by atoms with Crippen molar-refractivity contribution >= 4 is 27.0 Å². The third-order valence-electron chi connectivity index (χ3n) is 4.35. The maximum atomic E-state index is 12.8. The van der Waals surface area contributed by atoms with Crippen LogP contribution in [0.3, 0.4) is 0 Å². The van der Waals surface area contributed by atoms with E-state index in [2.05, 4.69) is 4.98 Å². The molecule has 1 saturated heterocycles. The van der Waals surface area contributed by atoms with E-state index < -0.39 is 10.2 Å². The van der Waals surface area contributed by atoms with Crippen molar-refractivity contribution in [3.8, 4) is 0 Å². The Morgan fingerprint density at radius 1 is 1.12 bits per heavy atom. The van der Waals surface area contributed by atoms with Gasteiger partial charge in [0.15, 0.2) is 0 Å². The minimum atomic E-state index is -3.44. The number of nitrogens with zero attached hydrogens (tertiary/aromatic N) is 3. The second kappa shape index (κ2) is 6.54. The van der Waals surface area contributed by atoms with Crippen LogP contribution in [0.25, 0.3) is 10.9 Å². The lowest BCUT2D eigenvalue weighted by Crippen LogP contribution is -2.42. The molecule has 2 heterocycles. The molecule has 130 valence electrons. The van der Waals surface area contributed by atoms with Gasteiger partial charge < -0.3 is 9.88 Å². The molecule has 1 aromatic carbocycles. The van der Waals surface area contributed by atoms with Gasteiger partial charge in [-0.3, -0.25) is 4.79 Å². The number of carbonyl (C=O) groups excluding carboxylic acids is 1. The van der Waals surface area contributed by atoms with Crippen LogP contribution < -0.4 is 0 Å². The molecule has 0 atom stereocenters. The summed E-state index contributed by atoms with van der Waals surface area (Å²) in [5.74, 6) is -0.0587. The summed E-state index contributed by atoms with van der Waals surface area (Å²) in [6, 6.07) is 7.67. The number of para-hydroxylation sites is 1. The fraction of sp³-hybridized carbons (Fsp3) is 0.438. The number of H-pyrrole nitrogens is 1. The zero-order chi connectivity index (χ0) is 17.3. The first-order valence-electron chi connectivity index (χ1n) is 7.94. The molecular weight excluding hydrogens is 328 g/mol. The van der Waals surface area contributed by atoms with Crippen molar-refractivity contribution in [1.82, 2.24) is 18.5 Å². The number of hydrogen-bond acceptors (Lipinski definition) is 3. The van der Waals surface area contributed by atoms with Gasteiger partial charge >= 0.3 is 0 Å². The molecule has 1 amide bonds. The lowest BCUT2D eigenvalue weighted by molar-refractivity contribution is 0.0766. The van der Waals surface area contributed by atoms with Crippen LogP contribution in [0.4, 0.5) is 0 Å². The summed E-state index contributed by atoms with van der Waals surface area (Å²) < 4.78 is 27.2. The van der Waals surface area contributed by atoms with Crippen molar-refractivity contribution in [2.45, 2.75) is 6.42 Å². The first-order chi connectivity index (χ1) is 11.4. The Labute approximate surface area is 142 Å². The van der Waals surface area contributed by atoms with Crippen LogP contribution >= 0.6 is 0 Å². The number of benzene rings is 1. The van der Waals surface area contributed by atoms with Gasteiger partial charge in [-0.15, -0.1) is 0 Å². The summed E-state index contributed by atoms with van der Waals surface area (Å²) in [7, 11) is -0.393. The van der Waals surface area contributed by atoms with E-state index >= 15 is 0 Å². The summed E-state index contributed by atoms with van der Waals surface area (Å²) >= 11 is 0. The summed E-state index contributed by atoms with van der Waals surface area (Å²) in [4.78, 5) is 17.7. The zero-order valence-corrected chi connectivity index (χ0v) is 14.7. The lowest BCUT2D eigenvalue weighted by Gasteiger charge is -2.24. The number of rotatable bonds is 3. The number of hydrogen-bond donors (Lipinski definition) is 1. The second-order valence-corrected chi connectivity index (χ2v) is 8.23. The van der Waals surface area contributed by atoms with Crippen LogP contribution in [-0.2, 0) is 10.2 Å². The molecule has 0 radical (unpaired) electrons. The molecule has 0 saturated carbocycles. The van der Waals surface area contributed by atoms with Gasteiger partial charge in [0.2, 0.25) is 0 Å². The van der Waals surface area contributed by atoms with Gasteiger partial charge in [-0.05, 0) is 12.5 Å². The third-order valence-corrected chi connectivity index (χ3v) is 6.29. The normalized spacial score (nSPS) is 17.4. The Balaban J connectivity index is 1.78. The molecule has 8 heteroatoms. The van der Waals surface area contributed by atoms with Crippen LogP contribution in [0.1, 0.15) is 16.8 Å². The van der Waals surface area contributed by atoms with Crippen LogP contribution in [0.2, 0.25) is 0 Å². The molecule has 0 bridgehead atoms. The largest absolute Gasteiger partial charge is 0.360 e. The lowest BCUT2D eigenvalue weighted by atomic mass is 10.1. The molecule has 24 heavy (non-hydrogen) atoms. The molecule has 0 aliphatic carbocycles. The standard InChI is InChI=1S/C16H22N4O3S/c1-18(2)24(22,23)20-9-5-8-19(10-11-20)16(21)14-12-17-15-7-4-3-6-13(14)15/h3-4,6-7,12,17H,5,8-11H2,1-2H3. The number of fused-ring (bicyclic) bond motifs is 1. The number of amides is 1. The highest BCUT2D eigenvalue weighted by molar-refractivity contribution is 7.86. The van der Waals surface area contributed by atoms with Crippen molar-refractivity contribution in [2.75, 3.05) is 40.3 Å². The topological polar surface area (TPSA) is 76.7 Å². The minimum absolute atomic E-state index is 0.0587. The third kappa shape index (κ3) is 3.04. The van der Waals surface area contributed by atoms with Gasteiger partial charge in [0.1, 0.15) is 0 Å². The molecule has 1 aliphatic heterocycles. The molecule has 0 unspecified atom stereocenters. The molecule has 2 aromatic rings. The fourth-order valence-corrected chi connectivity index (χ4v) is 4.11. The monoisotopic (exact) mass is 350 g/mol. The Kier molecular flexibility index (Phi) is 4.62. The van der Waals surface area contributed by atoms with Crippen molar-refractivity contribution in [3.63, 3.8) is 0 Å². The van der Waals surface area contributed by atoms with E-state index in [9.17, 15) is 13.2 Å². The molecule has 0 spiro atoms. The number of nitrogens with one attached hydrogen (secondary N) is 1. The molecule has 3 rings (SSSR count). The van der Waals surface area contributed by atoms with Gasteiger partial charge in [-0.1, -0.05) is 18.2 Å². The smallest absolute Gasteiger partial charge is 0.281 e. The average Bonchev–Trinajstić information content (AvgIpc) is 2.82. The van der Waals surface area contributed by atoms with E-state index in [4.69, 9.17) is 0 Å². The highest BCUT2D eigenvalue weighted by Crippen LogP contribution is 2.20.